The lowest BCUT2D eigenvalue weighted by atomic mass is 10.1. The van der Waals surface area contributed by atoms with Crippen LogP contribution in [0, 0.1) is 6.92 Å². The monoisotopic (exact) mass is 245 g/mol. The van der Waals surface area contributed by atoms with Gasteiger partial charge in [-0.15, -0.1) is 0 Å². The Kier molecular flexibility index (Phi) is 3.72. The summed E-state index contributed by atoms with van der Waals surface area (Å²) < 4.78 is 6.73. The van der Waals surface area contributed by atoms with Gasteiger partial charge >= 0.3 is 5.97 Å². The fourth-order valence-corrected chi connectivity index (χ4v) is 1.62. The molecule has 5 heteroatoms. The van der Waals surface area contributed by atoms with E-state index in [4.69, 9.17) is 4.74 Å². The molecule has 0 atom stereocenters. The first kappa shape index (κ1) is 12.3. The van der Waals surface area contributed by atoms with Crippen molar-refractivity contribution < 1.29 is 9.53 Å². The van der Waals surface area contributed by atoms with Gasteiger partial charge in [-0.3, -0.25) is 4.98 Å². The van der Waals surface area contributed by atoms with E-state index in [1.807, 2.05) is 23.8 Å². The van der Waals surface area contributed by atoms with Gasteiger partial charge in [-0.25, -0.2) is 9.78 Å². The summed E-state index contributed by atoms with van der Waals surface area (Å²) in [4.78, 5) is 19.6. The lowest BCUT2D eigenvalue weighted by Crippen LogP contribution is -2.05. The third-order valence-electron chi connectivity index (χ3n) is 2.62. The molecule has 0 radical (unpaired) electrons. The summed E-state index contributed by atoms with van der Waals surface area (Å²) in [6.45, 7) is 4.80. The first-order valence-electron chi connectivity index (χ1n) is 5.79. The number of carbonyl (C=O) groups excluding carboxylic acids is 1. The minimum atomic E-state index is -0.390. The molecule has 0 amide bonds. The molecule has 2 rings (SSSR count). The maximum Gasteiger partial charge on any atom is 0.358 e. The Morgan fingerprint density at radius 3 is 3.06 bits per heavy atom. The molecule has 94 valence electrons. The zero-order chi connectivity index (χ0) is 13.0. The van der Waals surface area contributed by atoms with E-state index in [0.29, 0.717) is 18.8 Å². The molecule has 0 spiro atoms. The Morgan fingerprint density at radius 1 is 1.50 bits per heavy atom. The Labute approximate surface area is 105 Å². The summed E-state index contributed by atoms with van der Waals surface area (Å²) in [5.41, 5.74) is 2.60. The standard InChI is InChI=1S/C13H15N3O2/c1-3-18-13(17)12-8-16(9-15-12)7-11-6-14-5-4-10(11)2/h4-6,8-9H,3,7H2,1-2H3. The van der Waals surface area contributed by atoms with Crippen LogP contribution in [0.15, 0.2) is 31.0 Å². The van der Waals surface area contributed by atoms with Gasteiger partial charge in [-0.2, -0.15) is 0 Å². The number of aromatic nitrogens is 3. The molecule has 0 bridgehead atoms. The van der Waals surface area contributed by atoms with Crippen LogP contribution in [0.1, 0.15) is 28.5 Å². The van der Waals surface area contributed by atoms with Crippen molar-refractivity contribution in [2.24, 2.45) is 0 Å². The molecule has 0 saturated carbocycles. The van der Waals surface area contributed by atoms with E-state index >= 15 is 0 Å². The molecule has 0 N–H and O–H groups in total. The van der Waals surface area contributed by atoms with Crippen LogP contribution in [0.4, 0.5) is 0 Å². The molecular weight excluding hydrogens is 230 g/mol. The van der Waals surface area contributed by atoms with Crippen molar-refractivity contribution in [1.29, 1.82) is 0 Å². The van der Waals surface area contributed by atoms with Crippen molar-refractivity contribution in [3.05, 3.63) is 47.8 Å². The van der Waals surface area contributed by atoms with Crippen molar-refractivity contribution in [2.45, 2.75) is 20.4 Å². The van der Waals surface area contributed by atoms with Gasteiger partial charge in [0.25, 0.3) is 0 Å². The molecule has 18 heavy (non-hydrogen) atoms. The fourth-order valence-electron chi connectivity index (χ4n) is 1.62. The van der Waals surface area contributed by atoms with E-state index in [2.05, 4.69) is 9.97 Å². The largest absolute Gasteiger partial charge is 0.461 e. The van der Waals surface area contributed by atoms with Gasteiger partial charge in [0, 0.05) is 18.6 Å². The molecule has 0 aliphatic rings. The molecule has 5 nitrogen and oxygen atoms in total. The number of rotatable bonds is 4. The number of pyridine rings is 1. The molecule has 0 aliphatic carbocycles. The van der Waals surface area contributed by atoms with E-state index in [0.717, 1.165) is 11.1 Å². The molecule has 2 aromatic rings. The van der Waals surface area contributed by atoms with Gasteiger partial charge in [0.1, 0.15) is 0 Å². The van der Waals surface area contributed by atoms with Crippen LogP contribution in [0.3, 0.4) is 0 Å². The quantitative estimate of drug-likeness (QED) is 0.771. The number of ether oxygens (including phenoxy) is 1. The van der Waals surface area contributed by atoms with Crippen molar-refractivity contribution >= 4 is 5.97 Å². The number of hydrogen-bond donors (Lipinski definition) is 0. The Balaban J connectivity index is 2.12. The van der Waals surface area contributed by atoms with Crippen molar-refractivity contribution in [3.63, 3.8) is 0 Å². The second kappa shape index (κ2) is 5.44. The number of carbonyl (C=O) groups is 1. The van der Waals surface area contributed by atoms with Crippen LogP contribution in [0.5, 0.6) is 0 Å². The number of hydrogen-bond acceptors (Lipinski definition) is 4. The van der Waals surface area contributed by atoms with E-state index in [-0.39, 0.29) is 5.97 Å². The van der Waals surface area contributed by atoms with Gasteiger partial charge in [-0.1, -0.05) is 0 Å². The third-order valence-corrected chi connectivity index (χ3v) is 2.62. The zero-order valence-corrected chi connectivity index (χ0v) is 10.5. The van der Waals surface area contributed by atoms with Crippen molar-refractivity contribution in [1.82, 2.24) is 14.5 Å². The maximum absolute atomic E-state index is 11.5. The van der Waals surface area contributed by atoms with E-state index in [1.165, 1.54) is 0 Å². The van der Waals surface area contributed by atoms with Crippen molar-refractivity contribution in [2.75, 3.05) is 6.61 Å². The van der Waals surface area contributed by atoms with Crippen LogP contribution in [-0.2, 0) is 11.3 Å². The van der Waals surface area contributed by atoms with Crippen LogP contribution in [-0.4, -0.2) is 27.1 Å². The lowest BCUT2D eigenvalue weighted by molar-refractivity contribution is 0.0520. The van der Waals surface area contributed by atoms with E-state index < -0.39 is 0 Å². The summed E-state index contributed by atoms with van der Waals surface area (Å²) in [5.74, 6) is -0.390. The fraction of sp³-hybridized carbons (Fsp3) is 0.308. The minimum absolute atomic E-state index is 0.332. The highest BCUT2D eigenvalue weighted by Crippen LogP contribution is 2.08. The van der Waals surface area contributed by atoms with E-state index in [9.17, 15) is 4.79 Å². The van der Waals surface area contributed by atoms with Crippen LogP contribution in [0.25, 0.3) is 0 Å². The SMILES string of the molecule is CCOC(=O)c1cn(Cc2cnccc2C)cn1. The summed E-state index contributed by atoms with van der Waals surface area (Å²) >= 11 is 0. The number of imidazole rings is 1. The van der Waals surface area contributed by atoms with Gasteiger partial charge in [0.05, 0.1) is 19.5 Å². The van der Waals surface area contributed by atoms with Crippen LogP contribution in [0.2, 0.25) is 0 Å². The average Bonchev–Trinajstić information content (AvgIpc) is 2.81. The predicted molar refractivity (Wildman–Crippen MR) is 66.3 cm³/mol. The topological polar surface area (TPSA) is 57.0 Å². The van der Waals surface area contributed by atoms with Crippen LogP contribution < -0.4 is 0 Å². The molecule has 2 heterocycles. The average molecular weight is 245 g/mol. The number of aryl methyl sites for hydroxylation is 1. The Bertz CT molecular complexity index is 549. The Hall–Kier alpha value is -2.17. The lowest BCUT2D eigenvalue weighted by Gasteiger charge is -2.04. The molecule has 0 saturated heterocycles. The first-order valence-corrected chi connectivity index (χ1v) is 5.79. The normalized spacial score (nSPS) is 10.3. The summed E-state index contributed by atoms with van der Waals surface area (Å²) in [7, 11) is 0. The van der Waals surface area contributed by atoms with E-state index in [1.54, 1.807) is 25.6 Å². The van der Waals surface area contributed by atoms with Gasteiger partial charge in [-0.05, 0) is 31.0 Å². The van der Waals surface area contributed by atoms with Crippen LogP contribution >= 0.6 is 0 Å². The summed E-state index contributed by atoms with van der Waals surface area (Å²) in [6, 6.07) is 1.96. The molecular formula is C13H15N3O2. The number of nitrogens with zero attached hydrogens (tertiary/aromatic N) is 3. The maximum atomic E-state index is 11.5. The first-order chi connectivity index (χ1) is 8.70. The minimum Gasteiger partial charge on any atom is -0.461 e. The van der Waals surface area contributed by atoms with Gasteiger partial charge < -0.3 is 9.30 Å². The highest BCUT2D eigenvalue weighted by Gasteiger charge is 2.10. The smallest absolute Gasteiger partial charge is 0.358 e. The van der Waals surface area contributed by atoms with Crippen molar-refractivity contribution in [3.8, 4) is 0 Å². The summed E-state index contributed by atoms with van der Waals surface area (Å²) in [6.07, 6.45) is 6.89. The van der Waals surface area contributed by atoms with Gasteiger partial charge in [0.15, 0.2) is 5.69 Å². The Morgan fingerprint density at radius 2 is 2.33 bits per heavy atom. The molecule has 2 aromatic heterocycles. The molecule has 0 aliphatic heterocycles. The number of esters is 1. The third kappa shape index (κ3) is 2.74. The van der Waals surface area contributed by atoms with Gasteiger partial charge in [0.2, 0.25) is 0 Å². The zero-order valence-electron chi connectivity index (χ0n) is 10.5. The second-order valence-corrected chi connectivity index (χ2v) is 3.95. The molecule has 0 fully saturated rings. The molecule has 0 unspecified atom stereocenters. The molecule has 0 aromatic carbocycles. The second-order valence-electron chi connectivity index (χ2n) is 3.95. The highest BCUT2D eigenvalue weighted by molar-refractivity contribution is 5.86. The summed E-state index contributed by atoms with van der Waals surface area (Å²) in [5, 5.41) is 0. The highest BCUT2D eigenvalue weighted by atomic mass is 16.5. The predicted octanol–water partition coefficient (Wildman–Crippen LogP) is 1.81.